The van der Waals surface area contributed by atoms with E-state index in [4.69, 9.17) is 27.9 Å². The second-order valence-corrected chi connectivity index (χ2v) is 6.73. The molecule has 0 N–H and O–H groups in total. The standard InChI is InChI=1S/C14H10Cl2O4S/c15-11-6-7-12(16)13(8-11)21(18,19)14(17)20-9-10-4-2-1-3-5-10/h1-8H,9H2. The summed E-state index contributed by atoms with van der Waals surface area (Å²) in [4.78, 5) is 11.4. The zero-order chi connectivity index (χ0) is 15.5. The van der Waals surface area contributed by atoms with E-state index in [9.17, 15) is 13.2 Å². The van der Waals surface area contributed by atoms with Gasteiger partial charge in [0.15, 0.2) is 0 Å². The molecule has 7 heteroatoms. The summed E-state index contributed by atoms with van der Waals surface area (Å²) in [7, 11) is -4.34. The summed E-state index contributed by atoms with van der Waals surface area (Å²) in [6, 6.07) is 12.6. The molecule has 0 heterocycles. The molecule has 0 bridgehead atoms. The third-order valence-electron chi connectivity index (χ3n) is 2.60. The molecule has 2 rings (SSSR count). The first kappa shape index (κ1) is 15.8. The van der Waals surface area contributed by atoms with Crippen LogP contribution < -0.4 is 0 Å². The maximum atomic E-state index is 12.1. The van der Waals surface area contributed by atoms with Crippen LogP contribution in [0.4, 0.5) is 4.79 Å². The number of hydrogen-bond acceptors (Lipinski definition) is 4. The zero-order valence-electron chi connectivity index (χ0n) is 10.6. The topological polar surface area (TPSA) is 60.4 Å². The number of benzene rings is 2. The van der Waals surface area contributed by atoms with Crippen LogP contribution in [0.5, 0.6) is 0 Å². The quantitative estimate of drug-likeness (QED) is 0.786. The maximum absolute atomic E-state index is 12.1. The van der Waals surface area contributed by atoms with E-state index >= 15 is 0 Å². The third-order valence-corrected chi connectivity index (χ3v) is 4.75. The molecule has 110 valence electrons. The van der Waals surface area contributed by atoms with Gasteiger partial charge in [0.2, 0.25) is 0 Å². The third kappa shape index (κ3) is 3.75. The van der Waals surface area contributed by atoms with Gasteiger partial charge in [0, 0.05) is 5.02 Å². The molecular formula is C14H10Cl2O4S. The Hall–Kier alpha value is -1.56. The van der Waals surface area contributed by atoms with Crippen LogP contribution in [-0.2, 0) is 21.2 Å². The number of ether oxygens (including phenoxy) is 1. The summed E-state index contributed by atoms with van der Waals surface area (Å²) < 4.78 is 29.0. The van der Waals surface area contributed by atoms with E-state index in [1.54, 1.807) is 30.3 Å². The highest BCUT2D eigenvalue weighted by Gasteiger charge is 2.29. The van der Waals surface area contributed by atoms with E-state index in [2.05, 4.69) is 0 Å². The molecule has 0 aliphatic rings. The van der Waals surface area contributed by atoms with Crippen molar-refractivity contribution in [2.75, 3.05) is 0 Å². The average molecular weight is 345 g/mol. The molecule has 21 heavy (non-hydrogen) atoms. The summed E-state index contributed by atoms with van der Waals surface area (Å²) >= 11 is 11.5. The summed E-state index contributed by atoms with van der Waals surface area (Å²) in [5, 5.41) is -1.29. The molecule has 0 atom stereocenters. The van der Waals surface area contributed by atoms with E-state index in [-0.39, 0.29) is 21.5 Å². The van der Waals surface area contributed by atoms with Crippen molar-refractivity contribution in [1.29, 1.82) is 0 Å². The van der Waals surface area contributed by atoms with Crippen LogP contribution in [0.25, 0.3) is 0 Å². The fourth-order valence-electron chi connectivity index (χ4n) is 1.57. The Morgan fingerprint density at radius 3 is 2.38 bits per heavy atom. The molecule has 0 amide bonds. The van der Waals surface area contributed by atoms with Crippen molar-refractivity contribution in [2.24, 2.45) is 0 Å². The predicted octanol–water partition coefficient (Wildman–Crippen LogP) is 4.10. The number of hydrogen-bond donors (Lipinski definition) is 0. The minimum Gasteiger partial charge on any atom is -0.449 e. The van der Waals surface area contributed by atoms with Gasteiger partial charge in [-0.05, 0) is 23.8 Å². The van der Waals surface area contributed by atoms with Gasteiger partial charge in [-0.1, -0.05) is 53.5 Å². The first-order valence-corrected chi connectivity index (χ1v) is 8.06. The second-order valence-electron chi connectivity index (χ2n) is 4.10. The molecule has 0 aromatic heterocycles. The summed E-state index contributed by atoms with van der Waals surface area (Å²) in [5.74, 6) is 0. The minimum atomic E-state index is -4.34. The van der Waals surface area contributed by atoms with E-state index in [0.29, 0.717) is 5.56 Å². The molecule has 0 unspecified atom stereocenters. The van der Waals surface area contributed by atoms with Gasteiger partial charge in [-0.15, -0.1) is 0 Å². The molecule has 0 fully saturated rings. The Bertz CT molecular complexity index is 758. The Morgan fingerprint density at radius 1 is 1.05 bits per heavy atom. The minimum absolute atomic E-state index is 0.0870. The fraction of sp³-hybridized carbons (Fsp3) is 0.0714. The zero-order valence-corrected chi connectivity index (χ0v) is 13.0. The van der Waals surface area contributed by atoms with Crippen LogP contribution in [0.3, 0.4) is 0 Å². The molecular weight excluding hydrogens is 335 g/mol. The molecule has 0 radical (unpaired) electrons. The van der Waals surface area contributed by atoms with Gasteiger partial charge < -0.3 is 4.74 Å². The van der Waals surface area contributed by atoms with Crippen LogP contribution >= 0.6 is 23.2 Å². The lowest BCUT2D eigenvalue weighted by Gasteiger charge is -2.07. The Labute approximate surface area is 132 Å². The van der Waals surface area contributed by atoms with Crippen LogP contribution in [0, 0.1) is 0 Å². The van der Waals surface area contributed by atoms with Crippen molar-refractivity contribution < 1.29 is 17.9 Å². The SMILES string of the molecule is O=C(OCc1ccccc1)S(=O)(=O)c1cc(Cl)ccc1Cl. The normalized spacial score (nSPS) is 11.1. The van der Waals surface area contributed by atoms with Crippen molar-refractivity contribution in [3.8, 4) is 0 Å². The molecule has 4 nitrogen and oxygen atoms in total. The van der Waals surface area contributed by atoms with E-state index in [0.717, 1.165) is 6.07 Å². The van der Waals surface area contributed by atoms with Crippen LogP contribution in [0.1, 0.15) is 5.56 Å². The predicted molar refractivity (Wildman–Crippen MR) is 80.3 cm³/mol. The second kappa shape index (κ2) is 6.47. The van der Waals surface area contributed by atoms with Gasteiger partial charge in [-0.2, -0.15) is 0 Å². The average Bonchev–Trinajstić information content (AvgIpc) is 2.48. The highest BCUT2D eigenvalue weighted by molar-refractivity contribution is 8.05. The Balaban J connectivity index is 2.19. The van der Waals surface area contributed by atoms with E-state index < -0.39 is 15.1 Å². The van der Waals surface area contributed by atoms with Gasteiger partial charge in [-0.25, -0.2) is 13.2 Å². The molecule has 2 aromatic rings. The van der Waals surface area contributed by atoms with Crippen molar-refractivity contribution in [2.45, 2.75) is 11.5 Å². The van der Waals surface area contributed by atoms with Gasteiger partial charge >= 0.3 is 5.30 Å². The lowest BCUT2D eigenvalue weighted by molar-refractivity contribution is 0.166. The molecule has 0 saturated carbocycles. The summed E-state index contributed by atoms with van der Waals surface area (Å²) in [5.41, 5.74) is 0.679. The largest absolute Gasteiger partial charge is 0.449 e. The van der Waals surface area contributed by atoms with Crippen molar-refractivity contribution in [3.05, 3.63) is 64.1 Å². The smallest absolute Gasteiger partial charge is 0.430 e. The van der Waals surface area contributed by atoms with Gasteiger partial charge in [-0.3, -0.25) is 0 Å². The first-order valence-electron chi connectivity index (χ1n) is 5.82. The van der Waals surface area contributed by atoms with E-state index in [1.807, 2.05) is 0 Å². The number of halogens is 2. The number of sulfone groups is 1. The maximum Gasteiger partial charge on any atom is 0.430 e. The van der Waals surface area contributed by atoms with Crippen LogP contribution in [-0.4, -0.2) is 13.7 Å². The monoisotopic (exact) mass is 344 g/mol. The Kier molecular flexibility index (Phi) is 4.88. The van der Waals surface area contributed by atoms with Crippen LogP contribution in [0.15, 0.2) is 53.4 Å². The van der Waals surface area contributed by atoms with Crippen molar-refractivity contribution >= 4 is 38.3 Å². The summed E-state index contributed by atoms with van der Waals surface area (Å²) in [6.07, 6.45) is 0. The molecule has 0 aliphatic carbocycles. The van der Waals surface area contributed by atoms with Gasteiger partial charge in [0.25, 0.3) is 9.84 Å². The first-order chi connectivity index (χ1) is 9.91. The lowest BCUT2D eigenvalue weighted by Crippen LogP contribution is -2.17. The van der Waals surface area contributed by atoms with Crippen LogP contribution in [0.2, 0.25) is 10.0 Å². The highest BCUT2D eigenvalue weighted by atomic mass is 35.5. The molecule has 2 aromatic carbocycles. The lowest BCUT2D eigenvalue weighted by atomic mass is 10.2. The van der Waals surface area contributed by atoms with Gasteiger partial charge in [0.05, 0.1) is 9.92 Å². The van der Waals surface area contributed by atoms with Crippen molar-refractivity contribution in [1.82, 2.24) is 0 Å². The number of rotatable bonds is 3. The highest BCUT2D eigenvalue weighted by Crippen LogP contribution is 2.27. The van der Waals surface area contributed by atoms with E-state index in [1.165, 1.54) is 12.1 Å². The Morgan fingerprint density at radius 2 is 1.71 bits per heavy atom. The van der Waals surface area contributed by atoms with Crippen molar-refractivity contribution in [3.63, 3.8) is 0 Å². The molecule has 0 aliphatic heterocycles. The molecule has 0 saturated heterocycles. The fourth-order valence-corrected chi connectivity index (χ4v) is 3.23. The number of carbonyl (C=O) groups is 1. The molecule has 0 spiro atoms. The summed E-state index contributed by atoms with van der Waals surface area (Å²) in [6.45, 7) is -0.142. The van der Waals surface area contributed by atoms with Gasteiger partial charge in [0.1, 0.15) is 6.61 Å². The number of carbonyl (C=O) groups excluding carboxylic acids is 1.